The Kier molecular flexibility index (Phi) is 5.69. The second kappa shape index (κ2) is 7.04. The fourth-order valence-electron chi connectivity index (χ4n) is 1.58. The first-order valence-electron chi connectivity index (χ1n) is 6.06. The van der Waals surface area contributed by atoms with E-state index in [4.69, 9.17) is 11.6 Å². The lowest BCUT2D eigenvalue weighted by Gasteiger charge is -2.13. The molecule has 1 heterocycles. The van der Waals surface area contributed by atoms with Gasteiger partial charge in [0.05, 0.1) is 10.5 Å². The third kappa shape index (κ3) is 4.48. The van der Waals surface area contributed by atoms with Crippen LogP contribution in [0.2, 0.25) is 5.15 Å². The number of rotatable bonds is 6. The van der Waals surface area contributed by atoms with Crippen LogP contribution in [0.5, 0.6) is 0 Å². The molecule has 1 aromatic heterocycles. The second-order valence-electron chi connectivity index (χ2n) is 4.31. The van der Waals surface area contributed by atoms with E-state index in [-0.39, 0.29) is 22.4 Å². The van der Waals surface area contributed by atoms with E-state index in [2.05, 4.69) is 17.2 Å². The van der Waals surface area contributed by atoms with E-state index in [9.17, 15) is 14.9 Å². The summed E-state index contributed by atoms with van der Waals surface area (Å²) in [6.45, 7) is 3.95. The van der Waals surface area contributed by atoms with E-state index in [0.717, 1.165) is 31.5 Å². The third-order valence-corrected chi connectivity index (χ3v) is 2.95. The van der Waals surface area contributed by atoms with Gasteiger partial charge in [0.25, 0.3) is 11.6 Å². The van der Waals surface area contributed by atoms with Gasteiger partial charge in [-0.3, -0.25) is 14.9 Å². The average molecular weight is 286 g/mol. The van der Waals surface area contributed by atoms with Crippen LogP contribution in [0.3, 0.4) is 0 Å². The van der Waals surface area contributed by atoms with E-state index >= 15 is 0 Å². The molecule has 0 fully saturated rings. The van der Waals surface area contributed by atoms with Crippen molar-refractivity contribution in [2.75, 3.05) is 0 Å². The van der Waals surface area contributed by atoms with Crippen molar-refractivity contribution >= 4 is 23.2 Å². The molecular weight excluding hydrogens is 270 g/mol. The number of carbonyl (C=O) groups is 1. The Hall–Kier alpha value is -1.69. The van der Waals surface area contributed by atoms with E-state index < -0.39 is 10.8 Å². The van der Waals surface area contributed by atoms with Crippen LogP contribution in [-0.2, 0) is 0 Å². The van der Waals surface area contributed by atoms with E-state index in [1.54, 1.807) is 0 Å². The van der Waals surface area contributed by atoms with Crippen molar-refractivity contribution in [3.05, 3.63) is 33.1 Å². The highest BCUT2D eigenvalue weighted by atomic mass is 35.5. The van der Waals surface area contributed by atoms with E-state index in [1.165, 1.54) is 0 Å². The molecule has 1 amide bonds. The van der Waals surface area contributed by atoms with Crippen LogP contribution in [0.15, 0.2) is 12.3 Å². The summed E-state index contributed by atoms with van der Waals surface area (Å²) in [6.07, 6.45) is 3.92. The molecule has 0 radical (unpaired) electrons. The van der Waals surface area contributed by atoms with Crippen molar-refractivity contribution in [3.63, 3.8) is 0 Å². The first-order valence-corrected chi connectivity index (χ1v) is 6.44. The lowest BCUT2D eigenvalue weighted by molar-refractivity contribution is -0.385. The third-order valence-electron chi connectivity index (χ3n) is 2.65. The fourth-order valence-corrected chi connectivity index (χ4v) is 1.77. The zero-order chi connectivity index (χ0) is 14.4. The smallest absolute Gasteiger partial charge is 0.288 e. The van der Waals surface area contributed by atoms with Crippen molar-refractivity contribution < 1.29 is 9.72 Å². The number of hydrogen-bond donors (Lipinski definition) is 1. The number of pyridine rings is 1. The number of nitro groups is 1. The predicted octanol–water partition coefficient (Wildman–Crippen LogP) is 2.95. The predicted molar refractivity (Wildman–Crippen MR) is 72.4 cm³/mol. The van der Waals surface area contributed by atoms with Gasteiger partial charge in [-0.1, -0.05) is 31.4 Å². The molecule has 6 nitrogen and oxygen atoms in total. The standard InChI is InChI=1S/C12H16ClN3O3/c1-3-4-5-8(2)15-12(17)10-6-9(16(18)19)7-14-11(10)13/h6-8H,3-5H2,1-2H3,(H,15,17). The summed E-state index contributed by atoms with van der Waals surface area (Å²) in [4.78, 5) is 25.6. The van der Waals surface area contributed by atoms with Crippen LogP contribution < -0.4 is 5.32 Å². The number of unbranched alkanes of at least 4 members (excludes halogenated alkanes) is 1. The highest BCUT2D eigenvalue weighted by Gasteiger charge is 2.18. The van der Waals surface area contributed by atoms with Gasteiger partial charge in [-0.25, -0.2) is 4.98 Å². The van der Waals surface area contributed by atoms with Crippen molar-refractivity contribution in [3.8, 4) is 0 Å². The topological polar surface area (TPSA) is 85.1 Å². The summed E-state index contributed by atoms with van der Waals surface area (Å²) >= 11 is 5.79. The van der Waals surface area contributed by atoms with Crippen molar-refractivity contribution in [1.29, 1.82) is 0 Å². The largest absolute Gasteiger partial charge is 0.349 e. The number of nitrogens with zero attached hydrogens (tertiary/aromatic N) is 2. The van der Waals surface area contributed by atoms with Crippen LogP contribution in [0, 0.1) is 10.1 Å². The number of nitrogens with one attached hydrogen (secondary N) is 1. The highest BCUT2D eigenvalue weighted by molar-refractivity contribution is 6.32. The summed E-state index contributed by atoms with van der Waals surface area (Å²) in [6, 6.07) is 1.12. The maximum Gasteiger partial charge on any atom is 0.288 e. The molecule has 7 heteroatoms. The number of aromatic nitrogens is 1. The molecule has 1 atom stereocenters. The molecule has 0 aliphatic carbocycles. The molecule has 1 rings (SSSR count). The Morgan fingerprint density at radius 3 is 2.89 bits per heavy atom. The first kappa shape index (κ1) is 15.4. The summed E-state index contributed by atoms with van der Waals surface area (Å²) < 4.78 is 0. The van der Waals surface area contributed by atoms with Gasteiger partial charge < -0.3 is 5.32 Å². The van der Waals surface area contributed by atoms with Gasteiger partial charge in [-0.05, 0) is 13.3 Å². The van der Waals surface area contributed by atoms with Gasteiger partial charge in [0.2, 0.25) is 0 Å². The van der Waals surface area contributed by atoms with Crippen molar-refractivity contribution in [1.82, 2.24) is 10.3 Å². The minimum atomic E-state index is -0.610. The number of hydrogen-bond acceptors (Lipinski definition) is 4. The Bertz CT molecular complexity index is 479. The molecule has 0 bridgehead atoms. The van der Waals surface area contributed by atoms with Crippen molar-refractivity contribution in [2.45, 2.75) is 39.2 Å². The Labute approximate surface area is 116 Å². The quantitative estimate of drug-likeness (QED) is 0.495. The zero-order valence-electron chi connectivity index (χ0n) is 10.9. The highest BCUT2D eigenvalue weighted by Crippen LogP contribution is 2.19. The zero-order valence-corrected chi connectivity index (χ0v) is 11.6. The average Bonchev–Trinajstić information content (AvgIpc) is 2.36. The van der Waals surface area contributed by atoms with Crippen LogP contribution in [-0.4, -0.2) is 21.9 Å². The fraction of sp³-hybridized carbons (Fsp3) is 0.500. The normalized spacial score (nSPS) is 11.9. The van der Waals surface area contributed by atoms with Gasteiger partial charge in [0.1, 0.15) is 11.3 Å². The van der Waals surface area contributed by atoms with Gasteiger partial charge >= 0.3 is 0 Å². The lowest BCUT2D eigenvalue weighted by Crippen LogP contribution is -2.32. The van der Waals surface area contributed by atoms with E-state index in [0.29, 0.717) is 0 Å². The maximum absolute atomic E-state index is 12.0. The monoisotopic (exact) mass is 285 g/mol. The van der Waals surface area contributed by atoms with Gasteiger partial charge in [0.15, 0.2) is 0 Å². The number of halogens is 1. The number of carbonyl (C=O) groups excluding carboxylic acids is 1. The number of amides is 1. The molecule has 0 saturated carbocycles. The molecule has 1 N–H and O–H groups in total. The Morgan fingerprint density at radius 2 is 2.32 bits per heavy atom. The second-order valence-corrected chi connectivity index (χ2v) is 4.66. The minimum absolute atomic E-state index is 0.0113. The summed E-state index contributed by atoms with van der Waals surface area (Å²) in [7, 11) is 0. The molecule has 0 saturated heterocycles. The molecule has 0 spiro atoms. The molecule has 0 aliphatic rings. The first-order chi connectivity index (χ1) is 8.95. The SMILES string of the molecule is CCCCC(C)NC(=O)c1cc([N+](=O)[O-])cnc1Cl. The lowest BCUT2D eigenvalue weighted by atomic mass is 10.1. The van der Waals surface area contributed by atoms with E-state index in [1.807, 2.05) is 6.92 Å². The maximum atomic E-state index is 12.0. The Balaban J connectivity index is 2.81. The van der Waals surface area contributed by atoms with Crippen LogP contribution in [0.1, 0.15) is 43.5 Å². The van der Waals surface area contributed by atoms with Gasteiger partial charge in [0, 0.05) is 12.1 Å². The molecule has 1 unspecified atom stereocenters. The molecule has 19 heavy (non-hydrogen) atoms. The summed E-state index contributed by atoms with van der Waals surface area (Å²) in [5, 5.41) is 13.4. The molecule has 0 aromatic carbocycles. The van der Waals surface area contributed by atoms with Crippen LogP contribution in [0.25, 0.3) is 0 Å². The summed E-state index contributed by atoms with van der Waals surface area (Å²) in [5.41, 5.74) is -0.227. The molecular formula is C12H16ClN3O3. The van der Waals surface area contributed by atoms with Crippen LogP contribution in [0.4, 0.5) is 5.69 Å². The minimum Gasteiger partial charge on any atom is -0.349 e. The van der Waals surface area contributed by atoms with Crippen molar-refractivity contribution in [2.24, 2.45) is 0 Å². The molecule has 0 aliphatic heterocycles. The Morgan fingerprint density at radius 1 is 1.63 bits per heavy atom. The van der Waals surface area contributed by atoms with Crippen LogP contribution >= 0.6 is 11.6 Å². The molecule has 1 aromatic rings. The van der Waals surface area contributed by atoms with Gasteiger partial charge in [-0.15, -0.1) is 0 Å². The van der Waals surface area contributed by atoms with Gasteiger partial charge in [-0.2, -0.15) is 0 Å². The molecule has 104 valence electrons. The summed E-state index contributed by atoms with van der Waals surface area (Å²) in [5.74, 6) is -0.440.